The lowest BCUT2D eigenvalue weighted by atomic mass is 10.4. The normalized spacial score (nSPS) is 10.1. The number of aromatic carboxylic acids is 1. The topological polar surface area (TPSA) is 109 Å². The highest BCUT2D eigenvalue weighted by Gasteiger charge is 2.08. The van der Waals surface area contributed by atoms with Crippen molar-refractivity contribution in [3.63, 3.8) is 0 Å². The summed E-state index contributed by atoms with van der Waals surface area (Å²) in [5.74, 6) is -1.14. The average molecular weight is 250 g/mol. The van der Waals surface area contributed by atoms with Gasteiger partial charge in [-0.1, -0.05) is 0 Å². The van der Waals surface area contributed by atoms with E-state index in [1.807, 2.05) is 0 Å². The summed E-state index contributed by atoms with van der Waals surface area (Å²) < 4.78 is 0. The first kappa shape index (κ1) is 11.3. The number of carbonyl (C=O) groups is 1. The first-order valence-electron chi connectivity index (χ1n) is 4.44. The highest BCUT2D eigenvalue weighted by Crippen LogP contribution is 2.18. The summed E-state index contributed by atoms with van der Waals surface area (Å²) in [6.07, 6.45) is 2.68. The predicted octanol–water partition coefficient (Wildman–Crippen LogP) is 0.409. The van der Waals surface area contributed by atoms with E-state index in [0.717, 1.165) is 11.8 Å². The van der Waals surface area contributed by atoms with Crippen LogP contribution >= 0.6 is 11.8 Å². The molecule has 0 amide bonds. The van der Waals surface area contributed by atoms with E-state index in [1.54, 1.807) is 0 Å². The number of hydrogen-bond acceptors (Lipinski definition) is 6. The van der Waals surface area contributed by atoms with Crippen molar-refractivity contribution in [2.24, 2.45) is 0 Å². The molecule has 0 radical (unpaired) electrons. The molecule has 0 bridgehead atoms. The molecule has 17 heavy (non-hydrogen) atoms. The molecule has 0 atom stereocenters. The molecule has 8 heteroatoms. The van der Waals surface area contributed by atoms with Crippen molar-refractivity contribution in [3.05, 3.63) is 40.6 Å². The van der Waals surface area contributed by atoms with Crippen molar-refractivity contribution in [2.45, 2.75) is 10.3 Å². The van der Waals surface area contributed by atoms with E-state index in [4.69, 9.17) is 5.11 Å². The summed E-state index contributed by atoms with van der Waals surface area (Å²) in [5, 5.41) is 9.26. The zero-order chi connectivity index (χ0) is 12.3. The summed E-state index contributed by atoms with van der Waals surface area (Å²) in [5.41, 5.74) is -0.405. The Kier molecular flexibility index (Phi) is 3.15. The number of aromatic amines is 1. The van der Waals surface area contributed by atoms with Crippen LogP contribution in [-0.2, 0) is 0 Å². The van der Waals surface area contributed by atoms with Gasteiger partial charge < -0.3 is 10.1 Å². The monoisotopic (exact) mass is 250 g/mol. The molecular weight excluding hydrogens is 244 g/mol. The van der Waals surface area contributed by atoms with Gasteiger partial charge in [0.05, 0.1) is 0 Å². The molecule has 86 valence electrons. The summed E-state index contributed by atoms with van der Waals surface area (Å²) in [4.78, 5) is 35.7. The molecule has 0 spiro atoms. The number of carboxylic acid groups (broad SMARTS) is 1. The molecule has 0 aliphatic rings. The van der Waals surface area contributed by atoms with Gasteiger partial charge in [-0.2, -0.15) is 0 Å². The molecule has 0 aliphatic heterocycles. The molecule has 0 aliphatic carbocycles. The number of carboxylic acids is 1. The summed E-state index contributed by atoms with van der Waals surface area (Å²) >= 11 is 0.981. The minimum absolute atomic E-state index is 0.110. The summed E-state index contributed by atoms with van der Waals surface area (Å²) in [7, 11) is 0. The van der Waals surface area contributed by atoms with Gasteiger partial charge in [-0.3, -0.25) is 4.79 Å². The van der Waals surface area contributed by atoms with Gasteiger partial charge in [-0.15, -0.1) is 0 Å². The number of hydrogen-bond donors (Lipinski definition) is 2. The van der Waals surface area contributed by atoms with E-state index in [2.05, 4.69) is 19.9 Å². The Hall–Kier alpha value is -2.22. The molecule has 0 saturated carbocycles. The maximum Gasteiger partial charge on any atom is 0.354 e. The summed E-state index contributed by atoms with van der Waals surface area (Å²) in [6, 6.07) is 2.56. The van der Waals surface area contributed by atoms with Crippen molar-refractivity contribution < 1.29 is 9.90 Å². The lowest BCUT2D eigenvalue weighted by Crippen LogP contribution is -2.06. The standard InChI is InChI=1S/C9H6N4O3S/c14-6-2-4-11-9(13-6)17-8-10-3-1-5(12-8)7(15)16/h1-4H,(H,15,16)(H,11,13,14). The quantitative estimate of drug-likeness (QED) is 0.759. The van der Waals surface area contributed by atoms with Crippen molar-refractivity contribution in [2.75, 3.05) is 0 Å². The van der Waals surface area contributed by atoms with Crippen LogP contribution < -0.4 is 5.56 Å². The number of nitrogens with one attached hydrogen (secondary N) is 1. The Morgan fingerprint density at radius 3 is 2.76 bits per heavy atom. The zero-order valence-electron chi connectivity index (χ0n) is 8.32. The third-order valence-corrected chi connectivity index (χ3v) is 2.47. The predicted molar refractivity (Wildman–Crippen MR) is 58.0 cm³/mol. The first-order valence-corrected chi connectivity index (χ1v) is 5.26. The van der Waals surface area contributed by atoms with E-state index in [0.29, 0.717) is 5.16 Å². The maximum atomic E-state index is 11.0. The molecule has 2 heterocycles. The molecule has 0 aromatic carbocycles. The molecule has 2 rings (SSSR count). The van der Waals surface area contributed by atoms with Crippen LogP contribution in [0.2, 0.25) is 0 Å². The minimum atomic E-state index is -1.14. The third-order valence-electron chi connectivity index (χ3n) is 1.69. The second kappa shape index (κ2) is 4.74. The van der Waals surface area contributed by atoms with Crippen LogP contribution in [0.15, 0.2) is 39.6 Å². The van der Waals surface area contributed by atoms with Crippen molar-refractivity contribution in [1.29, 1.82) is 0 Å². The van der Waals surface area contributed by atoms with Crippen LogP contribution in [0.25, 0.3) is 0 Å². The summed E-state index contributed by atoms with van der Waals surface area (Å²) in [6.45, 7) is 0. The molecule has 7 nitrogen and oxygen atoms in total. The molecule has 2 aromatic heterocycles. The van der Waals surface area contributed by atoms with E-state index in [-0.39, 0.29) is 16.4 Å². The van der Waals surface area contributed by atoms with Gasteiger partial charge in [0, 0.05) is 18.5 Å². The Morgan fingerprint density at radius 1 is 1.29 bits per heavy atom. The lowest BCUT2D eigenvalue weighted by molar-refractivity contribution is 0.0689. The fraction of sp³-hybridized carbons (Fsp3) is 0. The Bertz CT molecular complexity index is 613. The van der Waals surface area contributed by atoms with Crippen molar-refractivity contribution in [1.82, 2.24) is 19.9 Å². The van der Waals surface area contributed by atoms with E-state index in [1.165, 1.54) is 24.5 Å². The lowest BCUT2D eigenvalue weighted by Gasteiger charge is -1.99. The largest absolute Gasteiger partial charge is 0.477 e. The first-order chi connectivity index (χ1) is 8.15. The van der Waals surface area contributed by atoms with E-state index < -0.39 is 5.97 Å². The van der Waals surface area contributed by atoms with Gasteiger partial charge in [-0.25, -0.2) is 19.7 Å². The Balaban J connectivity index is 2.27. The molecule has 0 fully saturated rings. The van der Waals surface area contributed by atoms with Gasteiger partial charge in [0.2, 0.25) is 0 Å². The van der Waals surface area contributed by atoms with Gasteiger partial charge in [0.1, 0.15) is 0 Å². The number of H-pyrrole nitrogens is 1. The number of nitrogens with zero attached hydrogens (tertiary/aromatic N) is 3. The van der Waals surface area contributed by atoms with Gasteiger partial charge >= 0.3 is 5.97 Å². The highest BCUT2D eigenvalue weighted by atomic mass is 32.2. The number of rotatable bonds is 3. The second-order valence-electron chi connectivity index (χ2n) is 2.87. The van der Waals surface area contributed by atoms with Crippen molar-refractivity contribution in [3.8, 4) is 0 Å². The minimum Gasteiger partial charge on any atom is -0.477 e. The van der Waals surface area contributed by atoms with Gasteiger partial charge in [-0.05, 0) is 17.8 Å². The van der Waals surface area contributed by atoms with Crippen LogP contribution in [0.4, 0.5) is 0 Å². The van der Waals surface area contributed by atoms with Crippen LogP contribution in [0, 0.1) is 0 Å². The van der Waals surface area contributed by atoms with Crippen LogP contribution in [0.3, 0.4) is 0 Å². The third kappa shape index (κ3) is 2.88. The SMILES string of the molecule is O=C(O)c1ccnc(Sc2nccc(=O)[nH]2)n1. The smallest absolute Gasteiger partial charge is 0.354 e. The highest BCUT2D eigenvalue weighted by molar-refractivity contribution is 7.99. The van der Waals surface area contributed by atoms with E-state index >= 15 is 0 Å². The number of aromatic nitrogens is 4. The van der Waals surface area contributed by atoms with Crippen molar-refractivity contribution >= 4 is 17.7 Å². The molecule has 2 N–H and O–H groups in total. The Morgan fingerprint density at radius 2 is 2.06 bits per heavy atom. The van der Waals surface area contributed by atoms with Gasteiger partial charge in [0.25, 0.3) is 5.56 Å². The zero-order valence-corrected chi connectivity index (χ0v) is 9.14. The molecule has 0 unspecified atom stereocenters. The second-order valence-corrected chi connectivity index (χ2v) is 3.83. The van der Waals surface area contributed by atoms with E-state index in [9.17, 15) is 9.59 Å². The van der Waals surface area contributed by atoms with Crippen LogP contribution in [-0.4, -0.2) is 31.0 Å². The fourth-order valence-electron chi connectivity index (χ4n) is 0.999. The molecule has 0 saturated heterocycles. The fourth-order valence-corrected chi connectivity index (χ4v) is 1.70. The van der Waals surface area contributed by atoms with Gasteiger partial charge in [0.15, 0.2) is 16.0 Å². The van der Waals surface area contributed by atoms with Crippen LogP contribution in [0.1, 0.15) is 10.5 Å². The Labute approximate surface area is 99.0 Å². The molecular formula is C9H6N4O3S. The average Bonchev–Trinajstić information content (AvgIpc) is 2.29. The van der Waals surface area contributed by atoms with Crippen LogP contribution in [0.5, 0.6) is 0 Å². The molecule has 2 aromatic rings. The maximum absolute atomic E-state index is 11.0.